The first-order valence-corrected chi connectivity index (χ1v) is 6.13. The highest BCUT2D eigenvalue weighted by Crippen LogP contribution is 2.40. The minimum absolute atomic E-state index is 0.475. The van der Waals surface area contributed by atoms with Crippen molar-refractivity contribution in [3.63, 3.8) is 0 Å². The van der Waals surface area contributed by atoms with E-state index in [1.165, 1.54) is 0 Å². The van der Waals surface area contributed by atoms with Gasteiger partial charge in [-0.15, -0.1) is 0 Å². The minimum Gasteiger partial charge on any atom is -0.493 e. The van der Waals surface area contributed by atoms with Crippen molar-refractivity contribution in [3.05, 3.63) is 17.7 Å². The lowest BCUT2D eigenvalue weighted by Crippen LogP contribution is -2.21. The number of nitrogens with one attached hydrogen (secondary N) is 1. The Morgan fingerprint density at radius 1 is 1.06 bits per heavy atom. The molecule has 0 aliphatic rings. The lowest BCUT2D eigenvalue weighted by molar-refractivity contribution is 0.321. The van der Waals surface area contributed by atoms with Crippen molar-refractivity contribution in [1.29, 1.82) is 0 Å². The highest BCUT2D eigenvalue weighted by atomic mass is 16.5. The molecule has 18 heavy (non-hydrogen) atoms. The molecule has 0 fully saturated rings. The van der Waals surface area contributed by atoms with E-state index in [1.54, 1.807) is 21.3 Å². The van der Waals surface area contributed by atoms with E-state index < -0.39 is 0 Å². The van der Waals surface area contributed by atoms with Crippen LogP contribution in [-0.2, 0) is 6.42 Å². The average molecular weight is 253 g/mol. The van der Waals surface area contributed by atoms with Crippen LogP contribution in [0.5, 0.6) is 17.2 Å². The van der Waals surface area contributed by atoms with Crippen LogP contribution in [0.15, 0.2) is 12.1 Å². The second kappa shape index (κ2) is 7.11. The Kier molecular flexibility index (Phi) is 5.78. The molecule has 0 bridgehead atoms. The van der Waals surface area contributed by atoms with Crippen LogP contribution >= 0.6 is 0 Å². The molecule has 0 saturated heterocycles. The zero-order valence-corrected chi connectivity index (χ0v) is 11.9. The van der Waals surface area contributed by atoms with Gasteiger partial charge in [0.05, 0.1) is 21.3 Å². The van der Waals surface area contributed by atoms with Crippen LogP contribution in [0, 0.1) is 0 Å². The van der Waals surface area contributed by atoms with E-state index in [0.29, 0.717) is 17.5 Å². The molecule has 1 atom stereocenters. The highest BCUT2D eigenvalue weighted by Gasteiger charge is 2.15. The van der Waals surface area contributed by atoms with Gasteiger partial charge in [-0.05, 0) is 38.4 Å². The number of aryl methyl sites for hydroxylation is 1. The molecule has 0 saturated carbocycles. The summed E-state index contributed by atoms with van der Waals surface area (Å²) in [6.45, 7) is 2.16. The van der Waals surface area contributed by atoms with Crippen LogP contribution in [0.1, 0.15) is 18.9 Å². The van der Waals surface area contributed by atoms with Gasteiger partial charge in [0.1, 0.15) is 0 Å². The SMILES string of the molecule is CNC(C)CCc1ccc(OC)c(OC)c1OC. The van der Waals surface area contributed by atoms with Gasteiger partial charge >= 0.3 is 0 Å². The van der Waals surface area contributed by atoms with Crippen molar-refractivity contribution < 1.29 is 14.2 Å². The molecule has 0 amide bonds. The molecule has 0 radical (unpaired) electrons. The first kappa shape index (κ1) is 14.6. The smallest absolute Gasteiger partial charge is 0.203 e. The van der Waals surface area contributed by atoms with E-state index in [-0.39, 0.29) is 0 Å². The first-order chi connectivity index (χ1) is 8.67. The molecule has 0 spiro atoms. The molecular formula is C14H23NO3. The van der Waals surface area contributed by atoms with Crippen molar-refractivity contribution in [2.75, 3.05) is 28.4 Å². The summed E-state index contributed by atoms with van der Waals surface area (Å²) in [6.07, 6.45) is 1.98. The fourth-order valence-corrected chi connectivity index (χ4v) is 1.88. The van der Waals surface area contributed by atoms with Gasteiger partial charge in [0.15, 0.2) is 11.5 Å². The van der Waals surface area contributed by atoms with Crippen LogP contribution < -0.4 is 19.5 Å². The maximum Gasteiger partial charge on any atom is 0.203 e. The van der Waals surface area contributed by atoms with Crippen molar-refractivity contribution in [2.45, 2.75) is 25.8 Å². The zero-order chi connectivity index (χ0) is 13.5. The average Bonchev–Trinajstić information content (AvgIpc) is 2.43. The zero-order valence-electron chi connectivity index (χ0n) is 11.9. The Morgan fingerprint density at radius 2 is 1.72 bits per heavy atom. The summed E-state index contributed by atoms with van der Waals surface area (Å²) in [4.78, 5) is 0. The molecule has 1 unspecified atom stereocenters. The molecule has 102 valence electrons. The van der Waals surface area contributed by atoms with Crippen LogP contribution in [0.2, 0.25) is 0 Å². The fraction of sp³-hybridized carbons (Fsp3) is 0.571. The molecule has 1 aromatic carbocycles. The molecule has 0 heterocycles. The Bertz CT molecular complexity index is 380. The predicted octanol–water partition coefficient (Wildman–Crippen LogP) is 2.25. The third kappa shape index (κ3) is 3.29. The summed E-state index contributed by atoms with van der Waals surface area (Å²) < 4.78 is 16.1. The molecule has 0 aliphatic carbocycles. The van der Waals surface area contributed by atoms with E-state index in [4.69, 9.17) is 14.2 Å². The summed E-state index contributed by atoms with van der Waals surface area (Å²) in [5.41, 5.74) is 1.14. The van der Waals surface area contributed by atoms with Crippen molar-refractivity contribution in [1.82, 2.24) is 5.32 Å². The van der Waals surface area contributed by atoms with Gasteiger partial charge in [0, 0.05) is 6.04 Å². The van der Waals surface area contributed by atoms with Crippen molar-refractivity contribution in [3.8, 4) is 17.2 Å². The molecule has 1 N–H and O–H groups in total. The van der Waals surface area contributed by atoms with Gasteiger partial charge in [0.2, 0.25) is 5.75 Å². The van der Waals surface area contributed by atoms with Crippen LogP contribution in [0.25, 0.3) is 0 Å². The summed E-state index contributed by atoms with van der Waals surface area (Å²) >= 11 is 0. The fourth-order valence-electron chi connectivity index (χ4n) is 1.88. The minimum atomic E-state index is 0.475. The number of methoxy groups -OCH3 is 3. The predicted molar refractivity (Wildman–Crippen MR) is 72.9 cm³/mol. The Balaban J connectivity index is 2.97. The quantitative estimate of drug-likeness (QED) is 0.809. The number of hydrogen-bond acceptors (Lipinski definition) is 4. The van der Waals surface area contributed by atoms with E-state index in [0.717, 1.165) is 24.2 Å². The maximum atomic E-state index is 5.45. The number of hydrogen-bond donors (Lipinski definition) is 1. The molecular weight excluding hydrogens is 230 g/mol. The Labute approximate surface area is 109 Å². The van der Waals surface area contributed by atoms with Crippen molar-refractivity contribution in [2.24, 2.45) is 0 Å². The number of benzene rings is 1. The van der Waals surface area contributed by atoms with Crippen LogP contribution in [0.3, 0.4) is 0 Å². The lowest BCUT2D eigenvalue weighted by Gasteiger charge is -2.17. The van der Waals surface area contributed by atoms with Gasteiger partial charge in [-0.2, -0.15) is 0 Å². The van der Waals surface area contributed by atoms with E-state index in [2.05, 4.69) is 12.2 Å². The summed E-state index contributed by atoms with van der Waals surface area (Å²) in [5, 5.41) is 3.23. The molecule has 1 rings (SSSR count). The van der Waals surface area contributed by atoms with Crippen molar-refractivity contribution >= 4 is 0 Å². The molecule has 4 nitrogen and oxygen atoms in total. The molecule has 0 aromatic heterocycles. The standard InChI is InChI=1S/C14H23NO3/c1-10(15-2)6-7-11-8-9-12(16-3)14(18-5)13(11)17-4/h8-10,15H,6-7H2,1-5H3. The van der Waals surface area contributed by atoms with Crippen LogP contribution in [-0.4, -0.2) is 34.4 Å². The molecule has 4 heteroatoms. The van der Waals surface area contributed by atoms with E-state index in [9.17, 15) is 0 Å². The first-order valence-electron chi connectivity index (χ1n) is 6.13. The van der Waals surface area contributed by atoms with E-state index in [1.807, 2.05) is 19.2 Å². The van der Waals surface area contributed by atoms with Gasteiger partial charge in [-0.1, -0.05) is 6.07 Å². The van der Waals surface area contributed by atoms with Gasteiger partial charge < -0.3 is 19.5 Å². The summed E-state index contributed by atoms with van der Waals surface area (Å²) in [7, 11) is 6.87. The monoisotopic (exact) mass is 253 g/mol. The maximum absolute atomic E-state index is 5.45. The van der Waals surface area contributed by atoms with Crippen LogP contribution in [0.4, 0.5) is 0 Å². The Hall–Kier alpha value is -1.42. The van der Waals surface area contributed by atoms with Gasteiger partial charge in [-0.25, -0.2) is 0 Å². The number of rotatable bonds is 7. The third-order valence-corrected chi connectivity index (χ3v) is 3.13. The second-order valence-corrected chi connectivity index (χ2v) is 4.22. The third-order valence-electron chi connectivity index (χ3n) is 3.13. The summed E-state index contributed by atoms with van der Waals surface area (Å²) in [5.74, 6) is 2.12. The summed E-state index contributed by atoms with van der Waals surface area (Å²) in [6, 6.07) is 4.42. The van der Waals surface area contributed by atoms with Gasteiger partial charge in [-0.3, -0.25) is 0 Å². The Morgan fingerprint density at radius 3 is 2.22 bits per heavy atom. The highest BCUT2D eigenvalue weighted by molar-refractivity contribution is 5.55. The molecule has 1 aromatic rings. The largest absolute Gasteiger partial charge is 0.493 e. The lowest BCUT2D eigenvalue weighted by atomic mass is 10.0. The second-order valence-electron chi connectivity index (χ2n) is 4.22. The molecule has 0 aliphatic heterocycles. The number of ether oxygens (including phenoxy) is 3. The normalized spacial score (nSPS) is 12.1. The topological polar surface area (TPSA) is 39.7 Å². The van der Waals surface area contributed by atoms with Gasteiger partial charge in [0.25, 0.3) is 0 Å². The van der Waals surface area contributed by atoms with E-state index >= 15 is 0 Å².